The van der Waals surface area contributed by atoms with Crippen molar-refractivity contribution in [2.45, 2.75) is 18.8 Å². The maximum atomic E-state index is 10.8. The lowest BCUT2D eigenvalue weighted by Crippen LogP contribution is -2.27. The molecule has 16 heavy (non-hydrogen) atoms. The molecule has 1 amide bonds. The zero-order chi connectivity index (χ0) is 11.5. The lowest BCUT2D eigenvalue weighted by molar-refractivity contribution is -0.137. The maximum Gasteiger partial charge on any atom is 0.304 e. The lowest BCUT2D eigenvalue weighted by atomic mass is 9.96. The zero-order valence-electron chi connectivity index (χ0n) is 8.76. The molecular weight excluding hydrogens is 226 g/mol. The topological polar surface area (TPSA) is 57.6 Å². The highest BCUT2D eigenvalue weighted by Gasteiger charge is 2.25. The number of carbonyl (C=O) groups is 2. The van der Waals surface area contributed by atoms with Crippen molar-refractivity contribution in [3.63, 3.8) is 0 Å². The molecule has 1 atom stereocenters. The molecule has 1 aromatic rings. The van der Waals surface area contributed by atoms with Gasteiger partial charge >= 0.3 is 5.97 Å². The SMILES string of the molecule is O=CN1CCc2sccc2C(CC(=O)O)C1. The van der Waals surface area contributed by atoms with Crippen molar-refractivity contribution in [2.24, 2.45) is 0 Å². The molecule has 1 unspecified atom stereocenters. The van der Waals surface area contributed by atoms with Gasteiger partial charge in [-0.3, -0.25) is 9.59 Å². The summed E-state index contributed by atoms with van der Waals surface area (Å²) in [5.74, 6) is -0.874. The van der Waals surface area contributed by atoms with Crippen molar-refractivity contribution in [3.05, 3.63) is 21.9 Å². The third kappa shape index (κ3) is 2.24. The number of thiophene rings is 1. The first-order valence-corrected chi connectivity index (χ1v) is 6.06. The molecule has 0 fully saturated rings. The van der Waals surface area contributed by atoms with Gasteiger partial charge in [0.05, 0.1) is 6.42 Å². The van der Waals surface area contributed by atoms with Crippen LogP contribution in [-0.2, 0) is 16.0 Å². The average molecular weight is 239 g/mol. The van der Waals surface area contributed by atoms with Crippen molar-refractivity contribution in [2.75, 3.05) is 13.1 Å². The van der Waals surface area contributed by atoms with E-state index in [0.29, 0.717) is 13.1 Å². The highest BCUT2D eigenvalue weighted by Crippen LogP contribution is 2.31. The smallest absolute Gasteiger partial charge is 0.304 e. The van der Waals surface area contributed by atoms with E-state index in [9.17, 15) is 9.59 Å². The molecule has 0 saturated heterocycles. The molecule has 1 N–H and O–H groups in total. The zero-order valence-corrected chi connectivity index (χ0v) is 9.57. The average Bonchev–Trinajstić information content (AvgIpc) is 2.64. The molecule has 4 nitrogen and oxygen atoms in total. The van der Waals surface area contributed by atoms with Crippen LogP contribution in [0.2, 0.25) is 0 Å². The molecule has 0 aromatic carbocycles. The Kier molecular flexibility index (Phi) is 3.24. The van der Waals surface area contributed by atoms with Gasteiger partial charge in [0.25, 0.3) is 0 Å². The monoisotopic (exact) mass is 239 g/mol. The van der Waals surface area contributed by atoms with Crippen molar-refractivity contribution in [3.8, 4) is 0 Å². The Morgan fingerprint density at radius 3 is 3.19 bits per heavy atom. The molecule has 86 valence electrons. The summed E-state index contributed by atoms with van der Waals surface area (Å²) in [5.41, 5.74) is 1.11. The summed E-state index contributed by atoms with van der Waals surface area (Å²) in [6.07, 6.45) is 1.74. The van der Waals surface area contributed by atoms with E-state index in [1.165, 1.54) is 4.88 Å². The van der Waals surface area contributed by atoms with Crippen LogP contribution in [0.5, 0.6) is 0 Å². The first kappa shape index (κ1) is 11.1. The molecule has 0 bridgehead atoms. The van der Waals surface area contributed by atoms with Crippen LogP contribution in [0.25, 0.3) is 0 Å². The summed E-state index contributed by atoms with van der Waals surface area (Å²) in [7, 11) is 0. The third-order valence-corrected chi connectivity index (χ3v) is 3.87. The fourth-order valence-electron chi connectivity index (χ4n) is 2.12. The number of nitrogens with zero attached hydrogens (tertiary/aromatic N) is 1. The molecular formula is C11H13NO3S. The Morgan fingerprint density at radius 1 is 1.69 bits per heavy atom. The van der Waals surface area contributed by atoms with Gasteiger partial charge < -0.3 is 10.0 Å². The first-order valence-electron chi connectivity index (χ1n) is 5.18. The second-order valence-electron chi connectivity index (χ2n) is 3.94. The maximum absolute atomic E-state index is 10.8. The lowest BCUT2D eigenvalue weighted by Gasteiger charge is -2.19. The minimum Gasteiger partial charge on any atom is -0.481 e. The van der Waals surface area contributed by atoms with Gasteiger partial charge in [0.2, 0.25) is 6.41 Å². The summed E-state index contributed by atoms with van der Waals surface area (Å²) in [4.78, 5) is 24.5. The molecule has 2 heterocycles. The van der Waals surface area contributed by atoms with Gasteiger partial charge in [0.15, 0.2) is 0 Å². The summed E-state index contributed by atoms with van der Waals surface area (Å²) < 4.78 is 0. The Balaban J connectivity index is 2.24. The summed E-state index contributed by atoms with van der Waals surface area (Å²) in [6.45, 7) is 1.20. The van der Waals surface area contributed by atoms with Crippen LogP contribution >= 0.6 is 11.3 Å². The van der Waals surface area contributed by atoms with Gasteiger partial charge in [-0.15, -0.1) is 11.3 Å². The number of carboxylic acids is 1. The van der Waals surface area contributed by atoms with E-state index in [1.54, 1.807) is 16.2 Å². The van der Waals surface area contributed by atoms with Gasteiger partial charge in [-0.05, 0) is 23.4 Å². The van der Waals surface area contributed by atoms with Crippen molar-refractivity contribution >= 4 is 23.7 Å². The highest BCUT2D eigenvalue weighted by atomic mass is 32.1. The van der Waals surface area contributed by atoms with E-state index >= 15 is 0 Å². The third-order valence-electron chi connectivity index (χ3n) is 2.87. The van der Waals surface area contributed by atoms with E-state index < -0.39 is 5.97 Å². The number of aliphatic carboxylic acids is 1. The van der Waals surface area contributed by atoms with E-state index in [1.807, 2.05) is 11.4 Å². The number of rotatable bonds is 3. The highest BCUT2D eigenvalue weighted by molar-refractivity contribution is 7.10. The Bertz CT molecular complexity index is 402. The van der Waals surface area contributed by atoms with E-state index in [-0.39, 0.29) is 12.3 Å². The predicted octanol–water partition coefficient (Wildman–Crippen LogP) is 1.32. The van der Waals surface area contributed by atoms with Crippen LogP contribution in [0.1, 0.15) is 22.8 Å². The molecule has 0 radical (unpaired) electrons. The fourth-order valence-corrected chi connectivity index (χ4v) is 3.08. The van der Waals surface area contributed by atoms with Crippen LogP contribution in [0.15, 0.2) is 11.4 Å². The standard InChI is InChI=1S/C11H13NO3S/c13-7-12-3-1-10-9(2-4-16-10)8(6-12)5-11(14)15/h2,4,7-8H,1,3,5-6H2,(H,14,15). The number of carbonyl (C=O) groups excluding carboxylic acids is 1. The summed E-state index contributed by atoms with van der Waals surface area (Å²) in [5, 5.41) is 10.9. The Labute approximate surface area is 97.5 Å². The van der Waals surface area contributed by atoms with Crippen LogP contribution in [0, 0.1) is 0 Å². The Morgan fingerprint density at radius 2 is 2.50 bits per heavy atom. The fraction of sp³-hybridized carbons (Fsp3) is 0.455. The second-order valence-corrected chi connectivity index (χ2v) is 4.94. The van der Waals surface area contributed by atoms with Gasteiger partial charge in [-0.1, -0.05) is 0 Å². The molecule has 0 spiro atoms. The minimum absolute atomic E-state index is 0.0635. The second kappa shape index (κ2) is 4.65. The van der Waals surface area contributed by atoms with Gasteiger partial charge in [0, 0.05) is 23.9 Å². The number of fused-ring (bicyclic) bond motifs is 1. The minimum atomic E-state index is -0.810. The molecule has 0 aliphatic carbocycles. The van der Waals surface area contributed by atoms with Crippen LogP contribution in [-0.4, -0.2) is 35.5 Å². The normalized spacial score (nSPS) is 20.0. The molecule has 2 rings (SSSR count). The molecule has 0 saturated carbocycles. The number of hydrogen-bond donors (Lipinski definition) is 1. The van der Waals surface area contributed by atoms with Crippen LogP contribution in [0.3, 0.4) is 0 Å². The van der Waals surface area contributed by atoms with Crippen molar-refractivity contribution in [1.29, 1.82) is 0 Å². The van der Waals surface area contributed by atoms with Crippen LogP contribution < -0.4 is 0 Å². The number of hydrogen-bond acceptors (Lipinski definition) is 3. The number of amides is 1. The predicted molar refractivity (Wildman–Crippen MR) is 60.7 cm³/mol. The number of carboxylic acid groups (broad SMARTS) is 1. The van der Waals surface area contributed by atoms with Gasteiger partial charge in [-0.2, -0.15) is 0 Å². The molecule has 5 heteroatoms. The summed E-state index contributed by atoms with van der Waals surface area (Å²) >= 11 is 1.65. The van der Waals surface area contributed by atoms with E-state index in [2.05, 4.69) is 0 Å². The van der Waals surface area contributed by atoms with Gasteiger partial charge in [0.1, 0.15) is 0 Å². The van der Waals surface area contributed by atoms with E-state index in [4.69, 9.17) is 5.11 Å². The molecule has 1 aliphatic rings. The van der Waals surface area contributed by atoms with Crippen molar-refractivity contribution in [1.82, 2.24) is 4.90 Å². The van der Waals surface area contributed by atoms with Crippen LogP contribution in [0.4, 0.5) is 0 Å². The summed E-state index contributed by atoms with van der Waals surface area (Å²) in [6, 6.07) is 1.99. The first-order chi connectivity index (χ1) is 7.70. The van der Waals surface area contributed by atoms with E-state index in [0.717, 1.165) is 18.4 Å². The molecule has 1 aliphatic heterocycles. The Hall–Kier alpha value is -1.36. The van der Waals surface area contributed by atoms with Gasteiger partial charge in [-0.25, -0.2) is 0 Å². The quantitative estimate of drug-likeness (QED) is 0.809. The molecule has 1 aromatic heterocycles. The van der Waals surface area contributed by atoms with Crippen molar-refractivity contribution < 1.29 is 14.7 Å². The largest absolute Gasteiger partial charge is 0.481 e.